The fourth-order valence-corrected chi connectivity index (χ4v) is 4.60. The Balaban J connectivity index is 1.33. The lowest BCUT2D eigenvalue weighted by atomic mass is 10.1. The second-order valence-electron chi connectivity index (χ2n) is 8.87. The van der Waals surface area contributed by atoms with E-state index in [0.29, 0.717) is 36.2 Å². The minimum Gasteiger partial charge on any atom is -0.481 e. The topological polar surface area (TPSA) is 94.8 Å². The zero-order valence-corrected chi connectivity index (χ0v) is 21.8. The molecule has 0 fully saturated rings. The number of hydrogen-bond acceptors (Lipinski definition) is 5. The summed E-state index contributed by atoms with van der Waals surface area (Å²) >= 11 is 5.87. The van der Waals surface area contributed by atoms with Crippen LogP contribution in [0.2, 0.25) is 0 Å². The van der Waals surface area contributed by atoms with E-state index in [1.807, 2.05) is 61.2 Å². The number of nitriles is 1. The van der Waals surface area contributed by atoms with E-state index in [-0.39, 0.29) is 0 Å². The quantitative estimate of drug-likeness (QED) is 0.260. The van der Waals surface area contributed by atoms with Gasteiger partial charge < -0.3 is 24.5 Å². The molecule has 0 radical (unpaired) electrons. The molecule has 5 rings (SSSR count). The Bertz CT molecular complexity index is 1570. The number of anilines is 1. The summed E-state index contributed by atoms with van der Waals surface area (Å²) in [5.74, 6) is 0.549. The highest BCUT2D eigenvalue weighted by atomic mass is 32.1. The number of para-hydroxylation sites is 1. The smallest absolute Gasteiger partial charge is 0.213 e. The fraction of sp³-hybridized carbons (Fsp3) is 0.172. The summed E-state index contributed by atoms with van der Waals surface area (Å²) in [6.07, 6.45) is 8.25. The summed E-state index contributed by atoms with van der Waals surface area (Å²) in [4.78, 5) is 14.2. The molecule has 2 aromatic carbocycles. The van der Waals surface area contributed by atoms with Crippen molar-refractivity contribution in [2.24, 2.45) is 0 Å². The second kappa shape index (κ2) is 11.6. The first-order valence-electron chi connectivity index (χ1n) is 12.2. The first-order valence-corrected chi connectivity index (χ1v) is 12.6. The van der Waals surface area contributed by atoms with Crippen LogP contribution in [0.15, 0.2) is 85.6 Å². The number of nitrogens with one attached hydrogen (secondary N) is 2. The molecule has 5 aromatic rings. The number of hydrogen-bond donors (Lipinski definition) is 2. The molecular formula is C29H27N7OS. The predicted octanol–water partition coefficient (Wildman–Crippen LogP) is 5.13. The van der Waals surface area contributed by atoms with Crippen molar-refractivity contribution in [2.45, 2.75) is 19.5 Å². The standard InChI is InChI=1S/C29H27N7OS/c1-37-28-11-10-24(16-33-28)34-29(38)35(19-23-15-32-27-5-3-2-4-26(23)27)13-12-25-17-31-20-36(25)18-22-8-6-21(14-30)7-9-22/h2-11,15-17,20,32H,12-13,18-19H2,1H3,(H,34,38). The molecule has 0 spiro atoms. The zero-order chi connectivity index (χ0) is 26.3. The summed E-state index contributed by atoms with van der Waals surface area (Å²) in [5.41, 5.74) is 5.94. The lowest BCUT2D eigenvalue weighted by molar-refractivity contribution is 0.398. The Kier molecular flexibility index (Phi) is 7.62. The van der Waals surface area contributed by atoms with Crippen molar-refractivity contribution in [2.75, 3.05) is 19.0 Å². The van der Waals surface area contributed by atoms with Gasteiger partial charge in [0.2, 0.25) is 5.88 Å². The van der Waals surface area contributed by atoms with Crippen LogP contribution >= 0.6 is 12.2 Å². The van der Waals surface area contributed by atoms with E-state index in [2.05, 4.69) is 47.9 Å². The molecule has 2 N–H and O–H groups in total. The average molecular weight is 522 g/mol. The zero-order valence-electron chi connectivity index (χ0n) is 21.0. The Morgan fingerprint density at radius 2 is 1.97 bits per heavy atom. The van der Waals surface area contributed by atoms with E-state index in [1.165, 1.54) is 10.9 Å². The van der Waals surface area contributed by atoms with Crippen molar-refractivity contribution in [3.05, 3.63) is 108 Å². The number of pyridine rings is 1. The summed E-state index contributed by atoms with van der Waals surface area (Å²) < 4.78 is 7.30. The van der Waals surface area contributed by atoms with Gasteiger partial charge in [0, 0.05) is 61.1 Å². The van der Waals surface area contributed by atoms with Crippen LogP contribution in [0, 0.1) is 11.3 Å². The Morgan fingerprint density at radius 3 is 2.74 bits per heavy atom. The Morgan fingerprint density at radius 1 is 1.13 bits per heavy atom. The lowest BCUT2D eigenvalue weighted by Crippen LogP contribution is -2.36. The predicted molar refractivity (Wildman–Crippen MR) is 152 cm³/mol. The van der Waals surface area contributed by atoms with Crippen LogP contribution in [0.1, 0.15) is 22.4 Å². The van der Waals surface area contributed by atoms with Crippen molar-refractivity contribution in [3.63, 3.8) is 0 Å². The second-order valence-corrected chi connectivity index (χ2v) is 9.26. The van der Waals surface area contributed by atoms with Gasteiger partial charge in [0.1, 0.15) is 0 Å². The van der Waals surface area contributed by atoms with Crippen LogP contribution in [0.4, 0.5) is 5.69 Å². The molecule has 0 aliphatic heterocycles. The highest BCUT2D eigenvalue weighted by Crippen LogP contribution is 2.21. The molecule has 0 atom stereocenters. The Hall–Kier alpha value is -4.68. The number of H-pyrrole nitrogens is 1. The van der Waals surface area contributed by atoms with E-state index < -0.39 is 0 Å². The van der Waals surface area contributed by atoms with Gasteiger partial charge in [0.05, 0.1) is 37.0 Å². The number of methoxy groups -OCH3 is 1. The molecule has 0 bridgehead atoms. The van der Waals surface area contributed by atoms with Gasteiger partial charge in [-0.3, -0.25) is 0 Å². The van der Waals surface area contributed by atoms with E-state index >= 15 is 0 Å². The number of aromatic nitrogens is 4. The molecule has 3 heterocycles. The highest BCUT2D eigenvalue weighted by molar-refractivity contribution is 7.80. The molecule has 0 aliphatic carbocycles. The molecule has 8 nitrogen and oxygen atoms in total. The molecule has 38 heavy (non-hydrogen) atoms. The molecular weight excluding hydrogens is 494 g/mol. The molecule has 0 saturated carbocycles. The van der Waals surface area contributed by atoms with Crippen LogP contribution in [-0.2, 0) is 19.5 Å². The monoisotopic (exact) mass is 521 g/mol. The van der Waals surface area contributed by atoms with E-state index in [0.717, 1.165) is 28.9 Å². The van der Waals surface area contributed by atoms with E-state index in [4.69, 9.17) is 22.2 Å². The molecule has 190 valence electrons. The summed E-state index contributed by atoms with van der Waals surface area (Å²) in [5, 5.41) is 14.2. The first-order chi connectivity index (χ1) is 18.6. The number of thiocarbonyl (C=S) groups is 1. The molecule has 9 heteroatoms. The van der Waals surface area contributed by atoms with E-state index in [9.17, 15) is 0 Å². The molecule has 0 unspecified atom stereocenters. The number of ether oxygens (including phenoxy) is 1. The third-order valence-electron chi connectivity index (χ3n) is 6.39. The van der Waals surface area contributed by atoms with Crippen molar-refractivity contribution in [3.8, 4) is 11.9 Å². The third-order valence-corrected chi connectivity index (χ3v) is 6.75. The van der Waals surface area contributed by atoms with Crippen molar-refractivity contribution >= 4 is 33.9 Å². The van der Waals surface area contributed by atoms with Gasteiger partial charge in [-0.2, -0.15) is 5.26 Å². The largest absolute Gasteiger partial charge is 0.481 e. The van der Waals surface area contributed by atoms with Gasteiger partial charge in [0.15, 0.2) is 5.11 Å². The van der Waals surface area contributed by atoms with Crippen LogP contribution in [0.25, 0.3) is 10.9 Å². The van der Waals surface area contributed by atoms with Gasteiger partial charge in [-0.1, -0.05) is 30.3 Å². The minimum absolute atomic E-state index is 0.549. The number of rotatable bonds is 9. The normalized spacial score (nSPS) is 10.7. The number of imidazole rings is 1. The average Bonchev–Trinajstić information content (AvgIpc) is 3.58. The summed E-state index contributed by atoms with van der Waals surface area (Å²) in [6, 6.07) is 21.8. The lowest BCUT2D eigenvalue weighted by Gasteiger charge is -2.26. The molecule has 0 saturated heterocycles. The Labute approximate surface area is 226 Å². The SMILES string of the molecule is COc1ccc(NC(=S)N(CCc2cncn2Cc2ccc(C#N)cc2)Cc2c[nH]c3ccccc23)cn1. The minimum atomic E-state index is 0.549. The maximum Gasteiger partial charge on any atom is 0.213 e. The van der Waals surface area contributed by atoms with Crippen LogP contribution in [-0.4, -0.2) is 43.2 Å². The van der Waals surface area contributed by atoms with Crippen LogP contribution in [0.3, 0.4) is 0 Å². The number of nitrogens with zero attached hydrogens (tertiary/aromatic N) is 5. The maximum absolute atomic E-state index is 9.07. The molecule has 0 amide bonds. The number of benzene rings is 2. The van der Waals surface area contributed by atoms with Crippen LogP contribution < -0.4 is 10.1 Å². The fourth-order valence-electron chi connectivity index (χ4n) is 4.33. The van der Waals surface area contributed by atoms with Crippen molar-refractivity contribution in [1.29, 1.82) is 5.26 Å². The van der Waals surface area contributed by atoms with Gasteiger partial charge in [-0.15, -0.1) is 0 Å². The van der Waals surface area contributed by atoms with Gasteiger partial charge in [0.25, 0.3) is 0 Å². The summed E-state index contributed by atoms with van der Waals surface area (Å²) in [6.45, 7) is 2.01. The molecule has 0 aliphatic rings. The van der Waals surface area contributed by atoms with Gasteiger partial charge in [-0.25, -0.2) is 9.97 Å². The van der Waals surface area contributed by atoms with Crippen molar-refractivity contribution < 1.29 is 4.74 Å². The van der Waals surface area contributed by atoms with Crippen LogP contribution in [0.5, 0.6) is 5.88 Å². The van der Waals surface area contributed by atoms with Crippen molar-refractivity contribution in [1.82, 2.24) is 24.4 Å². The maximum atomic E-state index is 9.07. The third kappa shape index (κ3) is 5.82. The van der Waals surface area contributed by atoms with Gasteiger partial charge >= 0.3 is 0 Å². The first kappa shape index (κ1) is 25.0. The van der Waals surface area contributed by atoms with Gasteiger partial charge in [-0.05, 0) is 47.6 Å². The molecule has 3 aromatic heterocycles. The van der Waals surface area contributed by atoms with E-state index in [1.54, 1.807) is 19.4 Å². The highest BCUT2D eigenvalue weighted by Gasteiger charge is 2.15. The number of aromatic amines is 1. The number of fused-ring (bicyclic) bond motifs is 1. The summed E-state index contributed by atoms with van der Waals surface area (Å²) in [7, 11) is 1.59.